The van der Waals surface area contributed by atoms with Crippen LogP contribution < -0.4 is 5.73 Å². The normalized spacial score (nSPS) is 32.9. The highest BCUT2D eigenvalue weighted by atomic mass is 16.2. The number of nitrogens with two attached hydrogens (primary N) is 1. The van der Waals surface area contributed by atoms with Gasteiger partial charge in [-0.3, -0.25) is 4.79 Å². The summed E-state index contributed by atoms with van der Waals surface area (Å²) < 4.78 is 0. The van der Waals surface area contributed by atoms with Gasteiger partial charge >= 0.3 is 0 Å². The first-order valence-corrected chi connectivity index (χ1v) is 7.09. The van der Waals surface area contributed by atoms with Crippen LogP contribution >= 0.6 is 0 Å². The topological polar surface area (TPSA) is 46.3 Å². The number of hydrogen-bond acceptors (Lipinski definition) is 2. The molecule has 2 N–H and O–H groups in total. The monoisotopic (exact) mass is 238 g/mol. The Kier molecular flexibility index (Phi) is 4.08. The van der Waals surface area contributed by atoms with Crippen LogP contribution in [0, 0.1) is 17.8 Å². The zero-order valence-corrected chi connectivity index (χ0v) is 11.2. The summed E-state index contributed by atoms with van der Waals surface area (Å²) in [7, 11) is 0. The molecule has 1 unspecified atom stereocenters. The van der Waals surface area contributed by atoms with E-state index in [0.717, 1.165) is 44.7 Å². The fourth-order valence-corrected chi connectivity index (χ4v) is 3.24. The van der Waals surface area contributed by atoms with Gasteiger partial charge in [-0.2, -0.15) is 0 Å². The Labute approximate surface area is 105 Å². The van der Waals surface area contributed by atoms with Crippen molar-refractivity contribution in [1.29, 1.82) is 0 Å². The van der Waals surface area contributed by atoms with Crippen LogP contribution in [-0.4, -0.2) is 29.9 Å². The highest BCUT2D eigenvalue weighted by Gasteiger charge is 2.38. The van der Waals surface area contributed by atoms with Crippen molar-refractivity contribution >= 4 is 5.91 Å². The molecular formula is C14H26N2O. The lowest BCUT2D eigenvalue weighted by Gasteiger charge is -2.27. The minimum atomic E-state index is 0.363. The molecule has 1 amide bonds. The second-order valence-corrected chi connectivity index (χ2v) is 6.32. The Morgan fingerprint density at radius 1 is 1.29 bits per heavy atom. The molecule has 0 aromatic heterocycles. The van der Waals surface area contributed by atoms with Gasteiger partial charge in [-0.25, -0.2) is 0 Å². The Bertz CT molecular complexity index is 277. The van der Waals surface area contributed by atoms with Crippen molar-refractivity contribution in [3.05, 3.63) is 0 Å². The number of hydrogen-bond donors (Lipinski definition) is 1. The lowest BCUT2D eigenvalue weighted by molar-refractivity contribution is -0.130. The quantitative estimate of drug-likeness (QED) is 0.817. The molecule has 2 aliphatic rings. The molecule has 1 saturated heterocycles. The molecular weight excluding hydrogens is 212 g/mol. The smallest absolute Gasteiger partial charge is 0.222 e. The molecule has 0 radical (unpaired) electrons. The summed E-state index contributed by atoms with van der Waals surface area (Å²) in [6, 6.07) is 0.377. The average Bonchev–Trinajstić information content (AvgIpc) is 2.68. The predicted octanol–water partition coefficient (Wildman–Crippen LogP) is 2.01. The molecule has 3 atom stereocenters. The van der Waals surface area contributed by atoms with Gasteiger partial charge in [0.1, 0.15) is 0 Å². The van der Waals surface area contributed by atoms with Gasteiger partial charge in [0.2, 0.25) is 5.91 Å². The molecule has 1 heterocycles. The summed E-state index contributed by atoms with van der Waals surface area (Å²) in [6.45, 7) is 6.32. The highest BCUT2D eigenvalue weighted by molar-refractivity contribution is 5.76. The van der Waals surface area contributed by atoms with E-state index >= 15 is 0 Å². The van der Waals surface area contributed by atoms with Crippen molar-refractivity contribution < 1.29 is 4.79 Å². The van der Waals surface area contributed by atoms with E-state index < -0.39 is 0 Å². The maximum Gasteiger partial charge on any atom is 0.222 e. The van der Waals surface area contributed by atoms with Crippen LogP contribution in [0.4, 0.5) is 0 Å². The van der Waals surface area contributed by atoms with Crippen molar-refractivity contribution in [3.63, 3.8) is 0 Å². The fraction of sp³-hybridized carbons (Fsp3) is 0.929. The van der Waals surface area contributed by atoms with Gasteiger partial charge < -0.3 is 10.6 Å². The van der Waals surface area contributed by atoms with Crippen LogP contribution in [0.1, 0.15) is 46.0 Å². The third-order valence-electron chi connectivity index (χ3n) is 4.38. The average molecular weight is 238 g/mol. The first kappa shape index (κ1) is 12.9. The summed E-state index contributed by atoms with van der Waals surface area (Å²) in [5.74, 6) is 2.40. The molecule has 1 aliphatic heterocycles. The summed E-state index contributed by atoms with van der Waals surface area (Å²) in [6.07, 6.45) is 5.24. The molecule has 1 aliphatic carbocycles. The summed E-state index contributed by atoms with van der Waals surface area (Å²) in [5, 5.41) is 0. The number of likely N-dealkylation sites (tertiary alicyclic amines) is 1. The third kappa shape index (κ3) is 3.21. The van der Waals surface area contributed by atoms with Crippen LogP contribution in [0.15, 0.2) is 0 Å². The zero-order chi connectivity index (χ0) is 12.4. The van der Waals surface area contributed by atoms with Crippen LogP contribution in [0.2, 0.25) is 0 Å². The summed E-state index contributed by atoms with van der Waals surface area (Å²) in [5.41, 5.74) is 6.01. The van der Waals surface area contributed by atoms with Gasteiger partial charge in [0.15, 0.2) is 0 Å². The van der Waals surface area contributed by atoms with Crippen molar-refractivity contribution in [3.8, 4) is 0 Å². The van der Waals surface area contributed by atoms with Crippen LogP contribution in [-0.2, 0) is 4.79 Å². The standard InChI is InChI=1S/C14H26N2O/c1-10(2)3-6-14(17)16-8-11-4-5-13(15)7-12(11)9-16/h10-13H,3-9,15H2,1-2H3/t11-,12+,13?/m1/s1. The van der Waals surface area contributed by atoms with E-state index in [4.69, 9.17) is 5.73 Å². The molecule has 2 rings (SSSR count). The first-order chi connectivity index (χ1) is 8.06. The molecule has 0 aromatic rings. The van der Waals surface area contributed by atoms with E-state index in [2.05, 4.69) is 18.7 Å². The van der Waals surface area contributed by atoms with Crippen LogP contribution in [0.3, 0.4) is 0 Å². The largest absolute Gasteiger partial charge is 0.342 e. The molecule has 0 bridgehead atoms. The molecule has 3 nitrogen and oxygen atoms in total. The summed E-state index contributed by atoms with van der Waals surface area (Å²) >= 11 is 0. The number of nitrogens with zero attached hydrogens (tertiary/aromatic N) is 1. The van der Waals surface area contributed by atoms with Gasteiger partial charge in [-0.05, 0) is 43.4 Å². The second-order valence-electron chi connectivity index (χ2n) is 6.32. The summed E-state index contributed by atoms with van der Waals surface area (Å²) in [4.78, 5) is 14.2. The molecule has 3 heteroatoms. The third-order valence-corrected chi connectivity index (χ3v) is 4.38. The minimum Gasteiger partial charge on any atom is -0.342 e. The van der Waals surface area contributed by atoms with Gasteiger partial charge in [-0.1, -0.05) is 13.8 Å². The maximum atomic E-state index is 12.1. The Morgan fingerprint density at radius 2 is 2.00 bits per heavy atom. The molecule has 1 saturated carbocycles. The van der Waals surface area contributed by atoms with E-state index in [9.17, 15) is 4.79 Å². The Hall–Kier alpha value is -0.570. The van der Waals surface area contributed by atoms with Crippen molar-refractivity contribution in [2.24, 2.45) is 23.5 Å². The van der Waals surface area contributed by atoms with Gasteiger partial charge in [0, 0.05) is 25.6 Å². The molecule has 0 spiro atoms. The van der Waals surface area contributed by atoms with Gasteiger partial charge in [0.05, 0.1) is 0 Å². The van der Waals surface area contributed by atoms with Crippen LogP contribution in [0.25, 0.3) is 0 Å². The highest BCUT2D eigenvalue weighted by Crippen LogP contribution is 2.35. The zero-order valence-electron chi connectivity index (χ0n) is 11.2. The van der Waals surface area contributed by atoms with Gasteiger partial charge in [0.25, 0.3) is 0 Å². The first-order valence-electron chi connectivity index (χ1n) is 7.09. The van der Waals surface area contributed by atoms with E-state index in [0.29, 0.717) is 23.8 Å². The maximum absolute atomic E-state index is 12.1. The predicted molar refractivity (Wildman–Crippen MR) is 69.5 cm³/mol. The van der Waals surface area contributed by atoms with Crippen molar-refractivity contribution in [1.82, 2.24) is 4.90 Å². The number of amides is 1. The lowest BCUT2D eigenvalue weighted by Crippen LogP contribution is -2.32. The Morgan fingerprint density at radius 3 is 2.71 bits per heavy atom. The molecule has 0 aromatic carbocycles. The van der Waals surface area contributed by atoms with E-state index in [-0.39, 0.29) is 0 Å². The van der Waals surface area contributed by atoms with E-state index in [1.54, 1.807) is 0 Å². The number of carbonyl (C=O) groups excluding carboxylic acids is 1. The minimum absolute atomic E-state index is 0.363. The molecule has 98 valence electrons. The fourth-order valence-electron chi connectivity index (χ4n) is 3.24. The van der Waals surface area contributed by atoms with E-state index in [1.165, 1.54) is 6.42 Å². The number of fused-ring (bicyclic) bond motifs is 1. The van der Waals surface area contributed by atoms with Crippen LogP contribution in [0.5, 0.6) is 0 Å². The van der Waals surface area contributed by atoms with Crippen molar-refractivity contribution in [2.75, 3.05) is 13.1 Å². The second kappa shape index (κ2) is 5.38. The SMILES string of the molecule is CC(C)CCC(=O)N1C[C@H]2CCC(N)C[C@H]2C1. The van der Waals surface area contributed by atoms with Gasteiger partial charge in [-0.15, -0.1) is 0 Å². The van der Waals surface area contributed by atoms with E-state index in [1.807, 2.05) is 0 Å². The van der Waals surface area contributed by atoms with Crippen molar-refractivity contribution in [2.45, 2.75) is 52.0 Å². The Balaban J connectivity index is 1.82. The number of carbonyl (C=O) groups is 1. The molecule has 2 fully saturated rings. The lowest BCUT2D eigenvalue weighted by atomic mass is 9.79. The number of rotatable bonds is 3. The molecule has 17 heavy (non-hydrogen) atoms.